The first-order valence-corrected chi connectivity index (χ1v) is 29.8. The van der Waals surface area contributed by atoms with Crippen molar-refractivity contribution in [2.45, 2.75) is 124 Å². The molecule has 0 amide bonds. The van der Waals surface area contributed by atoms with Gasteiger partial charge in [0.15, 0.2) is 28.8 Å². The Labute approximate surface area is 523 Å². The summed E-state index contributed by atoms with van der Waals surface area (Å²) in [6.45, 7) is 29.1. The van der Waals surface area contributed by atoms with E-state index >= 15 is 0 Å². The number of esters is 2. The molecule has 0 aliphatic heterocycles. The van der Waals surface area contributed by atoms with E-state index in [1.807, 2.05) is 18.2 Å². The zero-order valence-electron chi connectivity index (χ0n) is 51.8. The molecule has 0 spiro atoms. The molecule has 0 aromatic heterocycles. The smallest absolute Gasteiger partial charge is 0.336 e. The van der Waals surface area contributed by atoms with Crippen LogP contribution in [0.3, 0.4) is 0 Å². The first-order chi connectivity index (χ1) is 43.6. The van der Waals surface area contributed by atoms with Gasteiger partial charge in [-0.25, -0.2) is 9.59 Å². The third-order valence-electron chi connectivity index (χ3n) is 13.0. The maximum Gasteiger partial charge on any atom is 0.336 e. The van der Waals surface area contributed by atoms with Crippen molar-refractivity contribution < 1.29 is 92.2 Å². The van der Waals surface area contributed by atoms with Crippen LogP contribution in [0.1, 0.15) is 131 Å². The Morgan fingerprint density at radius 2 is 0.865 bits per heavy atom. The molecule has 0 aliphatic rings. The van der Waals surface area contributed by atoms with Gasteiger partial charge in [-0.05, 0) is 165 Å². The van der Waals surface area contributed by atoms with Crippen LogP contribution in [0.2, 0.25) is 0 Å². The van der Waals surface area contributed by atoms with E-state index in [9.17, 15) is 9.59 Å². The van der Waals surface area contributed by atoms with Gasteiger partial charge in [-0.15, -0.1) is 0 Å². The van der Waals surface area contributed by atoms with Crippen LogP contribution in [-0.2, 0) is 99.0 Å². The number of hydrogen-bond acceptors (Lipinski definition) is 19. The molecule has 0 saturated carbocycles. The second-order valence-corrected chi connectivity index (χ2v) is 19.6. The van der Waals surface area contributed by atoms with E-state index in [1.54, 1.807) is 69.3 Å². The van der Waals surface area contributed by atoms with Gasteiger partial charge in [0, 0.05) is 49.3 Å². The number of benzene rings is 4. The van der Waals surface area contributed by atoms with Crippen molar-refractivity contribution in [1.82, 2.24) is 0 Å². The average molecular weight is 1230 g/mol. The lowest BCUT2D eigenvalue weighted by atomic mass is 9.87. The Morgan fingerprint density at radius 1 is 0.427 bits per heavy atom. The highest BCUT2D eigenvalue weighted by atomic mass is 17.5. The molecule has 0 unspecified atom stereocenters. The highest BCUT2D eigenvalue weighted by Gasteiger charge is 2.19. The summed E-state index contributed by atoms with van der Waals surface area (Å²) < 4.78 is 30.4. The largest absolute Gasteiger partial charge is 0.502 e. The molecular weight excluding hydrogens is 1140 g/mol. The summed E-state index contributed by atoms with van der Waals surface area (Å²) >= 11 is 0. The molecule has 4 aromatic rings. The van der Waals surface area contributed by atoms with Crippen LogP contribution in [0, 0.1) is 0 Å². The summed E-state index contributed by atoms with van der Waals surface area (Å²) in [4.78, 5) is 78.5. The minimum atomic E-state index is -0.662. The Bertz CT molecular complexity index is 3030. The lowest BCUT2D eigenvalue weighted by Gasteiger charge is -2.19. The van der Waals surface area contributed by atoms with Crippen LogP contribution in [0.5, 0.6) is 23.0 Å². The van der Waals surface area contributed by atoms with Crippen LogP contribution in [0.4, 0.5) is 0 Å². The second-order valence-electron chi connectivity index (χ2n) is 19.6. The van der Waals surface area contributed by atoms with Gasteiger partial charge in [-0.2, -0.15) is 24.4 Å². The molecule has 0 N–H and O–H groups in total. The number of aryl methyl sites for hydroxylation is 2. The van der Waals surface area contributed by atoms with E-state index in [-0.39, 0.29) is 24.7 Å². The summed E-state index contributed by atoms with van der Waals surface area (Å²) in [7, 11) is 0. The molecule has 0 heterocycles. The Kier molecular flexibility index (Phi) is 37.4. The number of hydrogen-bond donors (Lipinski definition) is 0. The fourth-order valence-electron chi connectivity index (χ4n) is 8.53. The molecular formula is C70H86O19. The third-order valence-corrected chi connectivity index (χ3v) is 13.0. The summed E-state index contributed by atoms with van der Waals surface area (Å²) in [5, 5.41) is 10.7. The van der Waals surface area contributed by atoms with E-state index in [0.717, 1.165) is 61.6 Å². The van der Waals surface area contributed by atoms with E-state index in [1.165, 1.54) is 42.1 Å². The number of unbranched alkanes of at least 4 members (excludes halogenated alkanes) is 6. The highest BCUT2D eigenvalue weighted by molar-refractivity contribution is 5.99. The molecule has 0 bridgehead atoms. The van der Waals surface area contributed by atoms with Gasteiger partial charge in [0.2, 0.25) is 0 Å². The molecule has 4 aromatic carbocycles. The SMILES string of the molecule is C=C=C(C)OOCCCCOc1c(CCCCOOOC(C)=C=C)ccc(/C=C/C(=O)Oc2cccc3c(OC(=O)/C=C/c4ccc(CCCCOOC=C)c(CCCCOOC=C)c4CCCCOOOC(C)=C=C)cccc23)c1OCCCCOC=C. The molecule has 4 rings (SSSR count). The second kappa shape index (κ2) is 45.7. The van der Waals surface area contributed by atoms with Crippen LogP contribution < -0.4 is 18.9 Å². The predicted molar refractivity (Wildman–Crippen MR) is 336 cm³/mol. The molecule has 480 valence electrons. The van der Waals surface area contributed by atoms with E-state index < -0.39 is 11.9 Å². The van der Waals surface area contributed by atoms with Gasteiger partial charge in [-0.1, -0.05) is 105 Å². The van der Waals surface area contributed by atoms with Gasteiger partial charge >= 0.3 is 11.9 Å². The van der Waals surface area contributed by atoms with Gasteiger partial charge < -0.3 is 48.1 Å². The molecule has 19 heteroatoms. The molecule has 0 aliphatic carbocycles. The monoisotopic (exact) mass is 1230 g/mol. The van der Waals surface area contributed by atoms with Crippen LogP contribution in [0.15, 0.2) is 166 Å². The first-order valence-electron chi connectivity index (χ1n) is 29.8. The highest BCUT2D eigenvalue weighted by Crippen LogP contribution is 2.38. The number of ether oxygens (including phenoxy) is 5. The number of allylic oxidation sites excluding steroid dienone is 3. The van der Waals surface area contributed by atoms with E-state index in [4.69, 9.17) is 82.6 Å². The number of fused-ring (bicyclic) bond motifs is 1. The first kappa shape index (κ1) is 72.9. The fourth-order valence-corrected chi connectivity index (χ4v) is 8.53. The van der Waals surface area contributed by atoms with Gasteiger partial charge in [0.25, 0.3) is 0 Å². The minimum Gasteiger partial charge on any atom is -0.502 e. The van der Waals surface area contributed by atoms with E-state index in [0.29, 0.717) is 143 Å². The fraction of sp³-hybridized carbons (Fsp3) is 0.386. The molecule has 0 radical (unpaired) electrons. The minimum absolute atomic E-state index is 0.254. The summed E-state index contributed by atoms with van der Waals surface area (Å²) in [6, 6.07) is 18.3. The number of carbonyl (C=O) groups is 2. The van der Waals surface area contributed by atoms with Crippen molar-refractivity contribution in [2.75, 3.05) is 52.9 Å². The molecule has 89 heavy (non-hydrogen) atoms. The van der Waals surface area contributed by atoms with Crippen molar-refractivity contribution in [3.8, 4) is 23.0 Å². The van der Waals surface area contributed by atoms with Gasteiger partial charge in [0.1, 0.15) is 24.0 Å². The predicted octanol–water partition coefficient (Wildman–Crippen LogP) is 15.8. The van der Waals surface area contributed by atoms with Crippen molar-refractivity contribution >= 4 is 34.9 Å². The molecule has 19 nitrogen and oxygen atoms in total. The normalized spacial score (nSPS) is 10.8. The van der Waals surface area contributed by atoms with Crippen LogP contribution in [-0.4, -0.2) is 64.8 Å². The van der Waals surface area contributed by atoms with Crippen molar-refractivity contribution in [3.63, 3.8) is 0 Å². The number of rotatable bonds is 51. The maximum atomic E-state index is 13.8. The maximum absolute atomic E-state index is 13.8. The van der Waals surface area contributed by atoms with Crippen molar-refractivity contribution in [3.05, 3.63) is 199 Å². The quantitative estimate of drug-likeness (QED) is 0.00592. The van der Waals surface area contributed by atoms with E-state index in [2.05, 4.69) is 62.7 Å². The standard InChI is InChI=1S/C70H86O19/c1-10-54(7)85-80-51-27-26-48-74-69-59(31-17-21-52-81-88-86-55(8)11-2)40-41-60(70(69)75-47-25-24-46-73-13-4)43-45-68(72)84-66-37-29-34-63-64(66)35-28-36-65(63)83-67(71)44-42-58-39-38-57(30-16-20-49-78-76-14-5)61(32-18-22-50-79-77-15-6)62(58)33-19-23-53-82-89-87-56(9)12-3/h13-15,28-29,34-45H,1-6,16-27,30-33,46-53H2,7-9H3/b44-42+,45-43+. The Hall–Kier alpha value is -8.54. The zero-order chi connectivity index (χ0) is 63.9. The topological polar surface area (TPSA) is 191 Å². The van der Waals surface area contributed by atoms with Crippen molar-refractivity contribution in [2.24, 2.45) is 0 Å². The summed E-state index contributed by atoms with van der Waals surface area (Å²) in [6.07, 6.45) is 21.4. The van der Waals surface area contributed by atoms with Gasteiger partial charge in [-0.3, -0.25) is 0 Å². The third kappa shape index (κ3) is 29.3. The lowest BCUT2D eigenvalue weighted by Crippen LogP contribution is -2.08. The van der Waals surface area contributed by atoms with Gasteiger partial charge in [0.05, 0.1) is 59.1 Å². The van der Waals surface area contributed by atoms with Crippen LogP contribution in [0.25, 0.3) is 22.9 Å². The Morgan fingerprint density at radius 3 is 1.42 bits per heavy atom. The Balaban J connectivity index is 1.59. The zero-order valence-corrected chi connectivity index (χ0v) is 51.8. The lowest BCUT2D eigenvalue weighted by molar-refractivity contribution is -0.495. The molecule has 0 atom stereocenters. The molecule has 0 saturated heterocycles. The molecule has 0 fully saturated rings. The summed E-state index contributed by atoms with van der Waals surface area (Å²) in [5.41, 5.74) is 13.6. The van der Waals surface area contributed by atoms with Crippen LogP contribution >= 0.6 is 0 Å². The summed E-state index contributed by atoms with van der Waals surface area (Å²) in [5.74, 6) is 1.38. The average Bonchev–Trinajstić information content (AvgIpc) is 3.15. The number of carbonyl (C=O) groups excluding carboxylic acids is 2. The van der Waals surface area contributed by atoms with Crippen molar-refractivity contribution in [1.29, 1.82) is 0 Å².